The summed E-state index contributed by atoms with van der Waals surface area (Å²) in [6, 6.07) is 0. The Balaban J connectivity index is 2.36. The topological polar surface area (TPSA) is 115 Å². The average molecular weight is 232 g/mol. The molecule has 2 rings (SSSR count). The van der Waals surface area contributed by atoms with Crippen molar-refractivity contribution in [2.75, 3.05) is 11.9 Å². The third-order valence-electron chi connectivity index (χ3n) is 2.25. The lowest BCUT2D eigenvalue weighted by Gasteiger charge is -2.05. The van der Waals surface area contributed by atoms with Gasteiger partial charge in [0.05, 0.1) is 6.20 Å². The molecule has 8 nitrogen and oxygen atoms in total. The van der Waals surface area contributed by atoms with Crippen LogP contribution in [-0.4, -0.2) is 26.7 Å². The molecule has 88 valence electrons. The van der Waals surface area contributed by atoms with Crippen LogP contribution in [0.25, 0.3) is 21.5 Å². The Hall–Kier alpha value is -2.34. The first-order valence-corrected chi connectivity index (χ1v) is 5.35. The molecule has 2 heterocycles. The van der Waals surface area contributed by atoms with E-state index >= 15 is 0 Å². The Bertz CT molecular complexity index is 553. The van der Waals surface area contributed by atoms with Crippen LogP contribution < -0.4 is 5.32 Å². The van der Waals surface area contributed by atoms with Gasteiger partial charge in [-0.15, -0.1) is 0 Å². The zero-order valence-electron chi connectivity index (χ0n) is 9.38. The van der Waals surface area contributed by atoms with Crippen molar-refractivity contribution in [1.82, 2.24) is 20.2 Å². The molecular formula is C9H12N8. The van der Waals surface area contributed by atoms with E-state index in [0.29, 0.717) is 11.3 Å². The van der Waals surface area contributed by atoms with Gasteiger partial charge in [0.15, 0.2) is 5.82 Å². The first-order valence-electron chi connectivity index (χ1n) is 5.35. The number of H-pyrrole nitrogens is 1. The van der Waals surface area contributed by atoms with Crippen LogP contribution in [0.15, 0.2) is 11.3 Å². The predicted molar refractivity (Wildman–Crippen MR) is 63.9 cm³/mol. The summed E-state index contributed by atoms with van der Waals surface area (Å²) in [6.45, 7) is 2.91. The number of nitrogens with one attached hydrogen (secondary N) is 2. The molecule has 0 spiro atoms. The van der Waals surface area contributed by atoms with E-state index in [0.717, 1.165) is 24.9 Å². The molecule has 0 aliphatic rings. The van der Waals surface area contributed by atoms with E-state index < -0.39 is 0 Å². The molecule has 2 aromatic heterocycles. The third-order valence-corrected chi connectivity index (χ3v) is 2.25. The number of rotatable bonds is 5. The van der Waals surface area contributed by atoms with E-state index in [1.807, 2.05) is 0 Å². The highest BCUT2D eigenvalue weighted by Gasteiger charge is 2.07. The monoisotopic (exact) mass is 232 g/mol. The van der Waals surface area contributed by atoms with E-state index in [2.05, 4.69) is 42.4 Å². The SMILES string of the molecule is CCCCNc1nc(N=[N+]=[N-])nc2cn[nH]c12. The minimum Gasteiger partial charge on any atom is -0.368 e. The second-order valence-electron chi connectivity index (χ2n) is 3.47. The van der Waals surface area contributed by atoms with Crippen molar-refractivity contribution < 1.29 is 0 Å². The Morgan fingerprint density at radius 2 is 2.41 bits per heavy atom. The summed E-state index contributed by atoms with van der Waals surface area (Å²) in [6.07, 6.45) is 3.70. The average Bonchev–Trinajstić information content (AvgIpc) is 2.78. The number of azide groups is 1. The predicted octanol–water partition coefficient (Wildman–Crippen LogP) is 2.51. The lowest BCUT2D eigenvalue weighted by Crippen LogP contribution is -2.04. The van der Waals surface area contributed by atoms with Crippen molar-refractivity contribution in [1.29, 1.82) is 0 Å². The fourth-order valence-corrected chi connectivity index (χ4v) is 1.42. The summed E-state index contributed by atoms with van der Waals surface area (Å²) in [7, 11) is 0. The van der Waals surface area contributed by atoms with Crippen molar-refractivity contribution in [3.63, 3.8) is 0 Å². The third kappa shape index (κ3) is 2.43. The smallest absolute Gasteiger partial charge is 0.219 e. The van der Waals surface area contributed by atoms with E-state index in [9.17, 15) is 0 Å². The quantitative estimate of drug-likeness (QED) is 0.356. The van der Waals surface area contributed by atoms with Gasteiger partial charge < -0.3 is 5.32 Å². The summed E-state index contributed by atoms with van der Waals surface area (Å²) in [5.41, 5.74) is 9.73. The highest BCUT2D eigenvalue weighted by atomic mass is 15.2. The molecule has 0 aliphatic carbocycles. The number of hydrogen-bond donors (Lipinski definition) is 2. The highest BCUT2D eigenvalue weighted by Crippen LogP contribution is 2.20. The molecule has 0 fully saturated rings. The van der Waals surface area contributed by atoms with Gasteiger partial charge in [0.2, 0.25) is 5.95 Å². The number of aromatic amines is 1. The molecule has 0 atom stereocenters. The number of hydrogen-bond acceptors (Lipinski definition) is 5. The normalized spacial score (nSPS) is 10.2. The molecule has 0 saturated heterocycles. The molecule has 0 unspecified atom stereocenters. The summed E-state index contributed by atoms with van der Waals surface area (Å²) in [5.74, 6) is 0.712. The molecule has 0 aliphatic heterocycles. The van der Waals surface area contributed by atoms with Crippen LogP contribution in [0.4, 0.5) is 11.8 Å². The molecular weight excluding hydrogens is 220 g/mol. The Morgan fingerprint density at radius 1 is 1.53 bits per heavy atom. The van der Waals surface area contributed by atoms with Crippen molar-refractivity contribution in [2.45, 2.75) is 19.8 Å². The van der Waals surface area contributed by atoms with E-state index in [-0.39, 0.29) is 5.95 Å². The largest absolute Gasteiger partial charge is 0.368 e. The van der Waals surface area contributed by atoms with Crippen LogP contribution in [0.2, 0.25) is 0 Å². The Kier molecular flexibility index (Phi) is 3.37. The lowest BCUT2D eigenvalue weighted by atomic mass is 10.3. The minimum atomic E-state index is 0.0976. The molecule has 17 heavy (non-hydrogen) atoms. The molecule has 0 radical (unpaired) electrons. The maximum atomic E-state index is 8.38. The maximum Gasteiger partial charge on any atom is 0.219 e. The standard InChI is InChI=1S/C9H12N8/c1-2-3-4-11-8-7-6(5-12-15-7)13-9(14-8)16-17-10/h5H,2-4H2,1H3,(H,12,15)(H,11,13,14). The van der Waals surface area contributed by atoms with Gasteiger partial charge in [-0.05, 0) is 17.1 Å². The van der Waals surface area contributed by atoms with Crippen molar-refractivity contribution in [3.05, 3.63) is 16.6 Å². The first-order chi connectivity index (χ1) is 8.35. The molecule has 0 saturated carbocycles. The van der Waals surface area contributed by atoms with E-state index in [1.165, 1.54) is 0 Å². The van der Waals surface area contributed by atoms with E-state index in [4.69, 9.17) is 5.53 Å². The summed E-state index contributed by atoms with van der Waals surface area (Å²) < 4.78 is 0. The molecule has 2 aromatic rings. The van der Waals surface area contributed by atoms with Gasteiger partial charge >= 0.3 is 0 Å². The molecule has 0 bridgehead atoms. The van der Waals surface area contributed by atoms with Gasteiger partial charge in [-0.2, -0.15) is 5.10 Å². The fourth-order valence-electron chi connectivity index (χ4n) is 1.42. The molecule has 8 heteroatoms. The number of nitrogens with zero attached hydrogens (tertiary/aromatic N) is 6. The van der Waals surface area contributed by atoms with Gasteiger partial charge in [-0.3, -0.25) is 5.10 Å². The van der Waals surface area contributed by atoms with Crippen LogP contribution in [0.3, 0.4) is 0 Å². The summed E-state index contributed by atoms with van der Waals surface area (Å²) in [5, 5.41) is 13.3. The van der Waals surface area contributed by atoms with Gasteiger partial charge in [-0.1, -0.05) is 13.3 Å². The number of aromatic nitrogens is 4. The van der Waals surface area contributed by atoms with Gasteiger partial charge in [-0.25, -0.2) is 9.97 Å². The summed E-state index contributed by atoms with van der Waals surface area (Å²) in [4.78, 5) is 10.8. The van der Waals surface area contributed by atoms with E-state index in [1.54, 1.807) is 6.20 Å². The van der Waals surface area contributed by atoms with Gasteiger partial charge in [0.25, 0.3) is 0 Å². The van der Waals surface area contributed by atoms with Crippen LogP contribution >= 0.6 is 0 Å². The number of fused-ring (bicyclic) bond motifs is 1. The van der Waals surface area contributed by atoms with Crippen LogP contribution in [0, 0.1) is 0 Å². The zero-order valence-corrected chi connectivity index (χ0v) is 9.38. The molecule has 2 N–H and O–H groups in total. The van der Waals surface area contributed by atoms with Crippen LogP contribution in [0.5, 0.6) is 0 Å². The van der Waals surface area contributed by atoms with Crippen LogP contribution in [0.1, 0.15) is 19.8 Å². The highest BCUT2D eigenvalue weighted by molar-refractivity contribution is 5.85. The second-order valence-corrected chi connectivity index (χ2v) is 3.47. The Morgan fingerprint density at radius 3 is 3.18 bits per heavy atom. The van der Waals surface area contributed by atoms with Gasteiger partial charge in [0.1, 0.15) is 11.0 Å². The Labute approximate surface area is 97.1 Å². The van der Waals surface area contributed by atoms with Crippen molar-refractivity contribution in [2.24, 2.45) is 5.11 Å². The fraction of sp³-hybridized carbons (Fsp3) is 0.444. The number of unbranched alkanes of at least 4 members (excludes halogenated alkanes) is 1. The zero-order chi connectivity index (χ0) is 12.1. The van der Waals surface area contributed by atoms with Crippen molar-refractivity contribution >= 4 is 22.8 Å². The molecule has 0 aromatic carbocycles. The lowest BCUT2D eigenvalue weighted by molar-refractivity contribution is 0.831. The minimum absolute atomic E-state index is 0.0976. The second kappa shape index (κ2) is 5.13. The number of anilines is 1. The first kappa shape index (κ1) is 11.2. The van der Waals surface area contributed by atoms with Crippen molar-refractivity contribution in [3.8, 4) is 0 Å². The van der Waals surface area contributed by atoms with Gasteiger partial charge in [0, 0.05) is 11.5 Å². The maximum absolute atomic E-state index is 8.38. The van der Waals surface area contributed by atoms with Crippen LogP contribution in [-0.2, 0) is 0 Å². The molecule has 0 amide bonds. The summed E-state index contributed by atoms with van der Waals surface area (Å²) >= 11 is 0.